The fourth-order valence-electron chi connectivity index (χ4n) is 2.54. The summed E-state index contributed by atoms with van der Waals surface area (Å²) in [5, 5.41) is 3.12. The lowest BCUT2D eigenvalue weighted by Gasteiger charge is -2.13. The average Bonchev–Trinajstić information content (AvgIpc) is 3.01. The van der Waals surface area contributed by atoms with Crippen LogP contribution in [0.25, 0.3) is 0 Å². The van der Waals surface area contributed by atoms with E-state index in [1.807, 2.05) is 18.2 Å². The molecule has 2 heterocycles. The maximum atomic E-state index is 12.0. The number of nitrogens with one attached hydrogen (secondary N) is 1. The standard InChI is InChI=1S/C14H16N2O4/c1-2-16-12(17)6-10(14(16)18)15-7-9-4-3-5-11-13(9)20-8-19-11/h3-5,10,15H,2,6-8H2,1H3. The number of ether oxygens (including phenoxy) is 2. The minimum absolute atomic E-state index is 0.118. The second-order valence-electron chi connectivity index (χ2n) is 4.76. The minimum Gasteiger partial charge on any atom is -0.454 e. The lowest BCUT2D eigenvalue weighted by molar-refractivity contribution is -0.138. The highest BCUT2D eigenvalue weighted by Gasteiger charge is 2.37. The summed E-state index contributed by atoms with van der Waals surface area (Å²) in [7, 11) is 0. The number of amides is 2. The third-order valence-corrected chi connectivity index (χ3v) is 3.58. The molecule has 1 unspecified atom stereocenters. The normalized spacial score (nSPS) is 20.9. The summed E-state index contributed by atoms with van der Waals surface area (Å²) in [4.78, 5) is 24.9. The Balaban J connectivity index is 1.68. The highest BCUT2D eigenvalue weighted by atomic mass is 16.7. The molecule has 0 bridgehead atoms. The predicted molar refractivity (Wildman–Crippen MR) is 70.2 cm³/mol. The van der Waals surface area contributed by atoms with Gasteiger partial charge in [0.25, 0.3) is 0 Å². The summed E-state index contributed by atoms with van der Waals surface area (Å²) < 4.78 is 10.7. The summed E-state index contributed by atoms with van der Waals surface area (Å²) in [5.74, 6) is 1.16. The van der Waals surface area contributed by atoms with Crippen molar-refractivity contribution in [2.75, 3.05) is 13.3 Å². The molecule has 1 aromatic carbocycles. The molecule has 6 heteroatoms. The van der Waals surface area contributed by atoms with Crippen molar-refractivity contribution in [2.24, 2.45) is 0 Å². The van der Waals surface area contributed by atoms with Crippen LogP contribution in [0, 0.1) is 0 Å². The Morgan fingerprint density at radius 2 is 2.20 bits per heavy atom. The number of likely N-dealkylation sites (tertiary alicyclic amines) is 1. The Bertz CT molecular complexity index is 558. The summed E-state index contributed by atoms with van der Waals surface area (Å²) >= 11 is 0. The molecule has 2 amide bonds. The van der Waals surface area contributed by atoms with E-state index in [-0.39, 0.29) is 25.0 Å². The molecule has 0 radical (unpaired) electrons. The number of benzene rings is 1. The molecule has 1 fully saturated rings. The van der Waals surface area contributed by atoms with E-state index in [0.717, 1.165) is 5.56 Å². The van der Waals surface area contributed by atoms with Gasteiger partial charge in [0, 0.05) is 18.7 Å². The van der Waals surface area contributed by atoms with E-state index < -0.39 is 6.04 Å². The van der Waals surface area contributed by atoms with Crippen LogP contribution in [0.15, 0.2) is 18.2 Å². The van der Waals surface area contributed by atoms with Crippen molar-refractivity contribution in [1.29, 1.82) is 0 Å². The lowest BCUT2D eigenvalue weighted by atomic mass is 10.1. The summed E-state index contributed by atoms with van der Waals surface area (Å²) in [6, 6.07) is 5.19. The van der Waals surface area contributed by atoms with E-state index in [9.17, 15) is 9.59 Å². The van der Waals surface area contributed by atoms with Gasteiger partial charge in [-0.25, -0.2) is 0 Å². The van der Waals surface area contributed by atoms with E-state index >= 15 is 0 Å². The third-order valence-electron chi connectivity index (χ3n) is 3.58. The Morgan fingerprint density at radius 3 is 2.95 bits per heavy atom. The third kappa shape index (κ3) is 2.12. The molecule has 0 aromatic heterocycles. The Morgan fingerprint density at radius 1 is 1.35 bits per heavy atom. The average molecular weight is 276 g/mol. The molecule has 2 aliphatic heterocycles. The Labute approximate surface area is 116 Å². The molecule has 0 aliphatic carbocycles. The van der Waals surface area contributed by atoms with Crippen LogP contribution < -0.4 is 14.8 Å². The zero-order chi connectivity index (χ0) is 14.1. The van der Waals surface area contributed by atoms with Gasteiger partial charge in [-0.05, 0) is 13.0 Å². The van der Waals surface area contributed by atoms with Crippen molar-refractivity contribution in [3.05, 3.63) is 23.8 Å². The van der Waals surface area contributed by atoms with Crippen LogP contribution in [0.1, 0.15) is 18.9 Å². The van der Waals surface area contributed by atoms with E-state index in [1.165, 1.54) is 4.90 Å². The highest BCUT2D eigenvalue weighted by Crippen LogP contribution is 2.35. The first-order valence-corrected chi connectivity index (χ1v) is 6.65. The molecule has 0 saturated carbocycles. The second kappa shape index (κ2) is 5.13. The largest absolute Gasteiger partial charge is 0.454 e. The van der Waals surface area contributed by atoms with E-state index in [4.69, 9.17) is 9.47 Å². The van der Waals surface area contributed by atoms with Gasteiger partial charge >= 0.3 is 0 Å². The van der Waals surface area contributed by atoms with Crippen molar-refractivity contribution in [3.63, 3.8) is 0 Å². The van der Waals surface area contributed by atoms with Crippen LogP contribution in [0.3, 0.4) is 0 Å². The summed E-state index contributed by atoms with van der Waals surface area (Å²) in [5.41, 5.74) is 0.926. The number of hydrogen-bond donors (Lipinski definition) is 1. The smallest absolute Gasteiger partial charge is 0.246 e. The van der Waals surface area contributed by atoms with Gasteiger partial charge in [-0.3, -0.25) is 14.5 Å². The van der Waals surface area contributed by atoms with Crippen molar-refractivity contribution in [1.82, 2.24) is 10.2 Å². The molecule has 1 atom stereocenters. The van der Waals surface area contributed by atoms with Crippen molar-refractivity contribution < 1.29 is 19.1 Å². The zero-order valence-corrected chi connectivity index (χ0v) is 11.2. The number of para-hydroxylation sites is 1. The van der Waals surface area contributed by atoms with Gasteiger partial charge in [0.05, 0.1) is 12.5 Å². The van der Waals surface area contributed by atoms with Gasteiger partial charge in [0.1, 0.15) is 0 Å². The van der Waals surface area contributed by atoms with Crippen LogP contribution >= 0.6 is 0 Å². The molecular formula is C14H16N2O4. The second-order valence-corrected chi connectivity index (χ2v) is 4.76. The first-order chi connectivity index (χ1) is 9.70. The number of carbonyl (C=O) groups excluding carboxylic acids is 2. The summed E-state index contributed by atoms with van der Waals surface area (Å²) in [6.45, 7) is 2.91. The van der Waals surface area contributed by atoms with Gasteiger partial charge in [-0.1, -0.05) is 12.1 Å². The summed E-state index contributed by atoms with van der Waals surface area (Å²) in [6.07, 6.45) is 0.221. The number of rotatable bonds is 4. The molecule has 1 aromatic rings. The van der Waals surface area contributed by atoms with Crippen molar-refractivity contribution in [2.45, 2.75) is 25.9 Å². The van der Waals surface area contributed by atoms with Crippen LogP contribution in [0.2, 0.25) is 0 Å². The Hall–Kier alpha value is -2.08. The van der Waals surface area contributed by atoms with Gasteiger partial charge in [-0.2, -0.15) is 0 Å². The number of hydrogen-bond acceptors (Lipinski definition) is 5. The van der Waals surface area contributed by atoms with E-state index in [2.05, 4.69) is 5.32 Å². The topological polar surface area (TPSA) is 67.9 Å². The van der Waals surface area contributed by atoms with Crippen LogP contribution in [-0.4, -0.2) is 36.1 Å². The van der Waals surface area contributed by atoms with Crippen molar-refractivity contribution >= 4 is 11.8 Å². The molecule has 3 rings (SSSR count). The van der Waals surface area contributed by atoms with Gasteiger partial charge in [0.2, 0.25) is 18.6 Å². The Kier molecular flexibility index (Phi) is 3.31. The SMILES string of the molecule is CCN1C(=O)CC(NCc2cccc3c2OCO3)C1=O. The quantitative estimate of drug-likeness (QED) is 0.818. The molecule has 6 nitrogen and oxygen atoms in total. The van der Waals surface area contributed by atoms with E-state index in [0.29, 0.717) is 24.6 Å². The van der Waals surface area contributed by atoms with Crippen LogP contribution in [0.4, 0.5) is 0 Å². The van der Waals surface area contributed by atoms with Gasteiger partial charge in [-0.15, -0.1) is 0 Å². The number of carbonyl (C=O) groups is 2. The predicted octanol–water partition coefficient (Wildman–Crippen LogP) is 0.652. The lowest BCUT2D eigenvalue weighted by Crippen LogP contribution is -2.38. The molecule has 1 N–H and O–H groups in total. The first kappa shape index (κ1) is 12.9. The first-order valence-electron chi connectivity index (χ1n) is 6.65. The molecule has 2 aliphatic rings. The fourth-order valence-corrected chi connectivity index (χ4v) is 2.54. The molecule has 1 saturated heterocycles. The number of nitrogens with zero attached hydrogens (tertiary/aromatic N) is 1. The molecule has 20 heavy (non-hydrogen) atoms. The maximum Gasteiger partial charge on any atom is 0.246 e. The van der Waals surface area contributed by atoms with Gasteiger partial charge < -0.3 is 14.8 Å². The number of likely N-dealkylation sites (N-methyl/N-ethyl adjacent to an activating group) is 1. The maximum absolute atomic E-state index is 12.0. The zero-order valence-electron chi connectivity index (χ0n) is 11.2. The molecule has 106 valence electrons. The van der Waals surface area contributed by atoms with E-state index in [1.54, 1.807) is 6.92 Å². The van der Waals surface area contributed by atoms with Crippen LogP contribution in [-0.2, 0) is 16.1 Å². The van der Waals surface area contributed by atoms with Crippen LogP contribution in [0.5, 0.6) is 11.5 Å². The highest BCUT2D eigenvalue weighted by molar-refractivity contribution is 6.05. The number of fused-ring (bicyclic) bond motifs is 1. The molecule has 0 spiro atoms. The van der Waals surface area contributed by atoms with Crippen molar-refractivity contribution in [3.8, 4) is 11.5 Å². The molecular weight excluding hydrogens is 260 g/mol. The monoisotopic (exact) mass is 276 g/mol. The number of imide groups is 1. The minimum atomic E-state index is -0.444. The fraction of sp³-hybridized carbons (Fsp3) is 0.429. The van der Waals surface area contributed by atoms with Gasteiger partial charge in [0.15, 0.2) is 11.5 Å².